The van der Waals surface area contributed by atoms with Crippen LogP contribution in [0.3, 0.4) is 0 Å². The molecule has 0 saturated heterocycles. The standard InChI is InChI=1S/C11H11F2N3O2S2/c1-7-14-6-10(15-7)20(17,18)16-8-4-2-3-5-9(8)19-11(12)13/h2-6,11,16H,1H3,(H,14,15). The van der Waals surface area contributed by atoms with Gasteiger partial charge in [-0.05, 0) is 19.1 Å². The summed E-state index contributed by atoms with van der Waals surface area (Å²) in [6.07, 6.45) is 1.17. The number of benzene rings is 1. The lowest BCUT2D eigenvalue weighted by atomic mass is 10.3. The smallest absolute Gasteiger partial charge is 0.288 e. The molecule has 0 bridgehead atoms. The highest BCUT2D eigenvalue weighted by Crippen LogP contribution is 2.32. The lowest BCUT2D eigenvalue weighted by molar-refractivity contribution is 0.252. The number of aryl methyl sites for hydroxylation is 1. The van der Waals surface area contributed by atoms with Crippen LogP contribution in [0.5, 0.6) is 0 Å². The van der Waals surface area contributed by atoms with Crippen molar-refractivity contribution in [3.8, 4) is 0 Å². The zero-order valence-electron chi connectivity index (χ0n) is 10.3. The third-order valence-electron chi connectivity index (χ3n) is 2.32. The number of nitrogens with zero attached hydrogens (tertiary/aromatic N) is 1. The summed E-state index contributed by atoms with van der Waals surface area (Å²) in [6, 6.07) is 5.97. The largest absolute Gasteiger partial charge is 0.332 e. The summed E-state index contributed by atoms with van der Waals surface area (Å²) in [5.41, 5.74) is 0.102. The number of para-hydroxylation sites is 1. The number of nitrogens with one attached hydrogen (secondary N) is 2. The number of halogens is 2. The molecule has 0 saturated carbocycles. The van der Waals surface area contributed by atoms with Gasteiger partial charge in [-0.25, -0.2) is 4.98 Å². The van der Waals surface area contributed by atoms with Crippen LogP contribution < -0.4 is 4.72 Å². The Morgan fingerprint density at radius 3 is 2.65 bits per heavy atom. The van der Waals surface area contributed by atoms with Crippen molar-refractivity contribution in [1.29, 1.82) is 0 Å². The molecule has 2 aromatic rings. The van der Waals surface area contributed by atoms with Crippen LogP contribution in [0.15, 0.2) is 40.4 Å². The topological polar surface area (TPSA) is 74.8 Å². The summed E-state index contributed by atoms with van der Waals surface area (Å²) in [5.74, 6) is -2.18. The van der Waals surface area contributed by atoms with E-state index in [0.29, 0.717) is 5.82 Å². The number of sulfonamides is 1. The molecule has 0 aliphatic heterocycles. The van der Waals surface area contributed by atoms with E-state index < -0.39 is 15.8 Å². The summed E-state index contributed by atoms with van der Waals surface area (Å²) in [4.78, 5) is 6.53. The SMILES string of the molecule is Cc1ncc(S(=O)(=O)Nc2ccccc2SC(F)F)[nH]1. The zero-order chi connectivity index (χ0) is 14.8. The fourth-order valence-electron chi connectivity index (χ4n) is 1.48. The van der Waals surface area contributed by atoms with Gasteiger partial charge in [0.2, 0.25) is 0 Å². The third-order valence-corrected chi connectivity index (χ3v) is 4.38. The van der Waals surface area contributed by atoms with Gasteiger partial charge in [0.25, 0.3) is 15.8 Å². The number of rotatable bonds is 5. The Morgan fingerprint density at radius 2 is 2.05 bits per heavy atom. The van der Waals surface area contributed by atoms with E-state index >= 15 is 0 Å². The van der Waals surface area contributed by atoms with Crippen molar-refractivity contribution in [2.75, 3.05) is 4.72 Å². The average molecular weight is 319 g/mol. The van der Waals surface area contributed by atoms with E-state index in [4.69, 9.17) is 0 Å². The molecule has 1 aromatic carbocycles. The molecule has 0 fully saturated rings. The molecule has 9 heteroatoms. The number of thioether (sulfide) groups is 1. The predicted molar refractivity (Wildman–Crippen MR) is 72.4 cm³/mol. The third kappa shape index (κ3) is 3.48. The minimum Gasteiger partial charge on any atom is -0.332 e. The molecule has 0 unspecified atom stereocenters. The molecular weight excluding hydrogens is 308 g/mol. The van der Waals surface area contributed by atoms with E-state index in [-0.39, 0.29) is 27.4 Å². The number of imidazole rings is 1. The van der Waals surface area contributed by atoms with Gasteiger partial charge in [0.15, 0.2) is 5.03 Å². The average Bonchev–Trinajstić information content (AvgIpc) is 2.78. The summed E-state index contributed by atoms with van der Waals surface area (Å²) >= 11 is 0.280. The first kappa shape index (κ1) is 14.8. The number of aromatic nitrogens is 2. The Hall–Kier alpha value is -1.61. The molecule has 2 rings (SSSR count). The second-order valence-electron chi connectivity index (χ2n) is 3.81. The second-order valence-corrected chi connectivity index (χ2v) is 6.50. The van der Waals surface area contributed by atoms with Crippen molar-refractivity contribution in [3.05, 3.63) is 36.3 Å². The van der Waals surface area contributed by atoms with E-state index in [9.17, 15) is 17.2 Å². The van der Waals surface area contributed by atoms with Gasteiger partial charge in [-0.1, -0.05) is 23.9 Å². The van der Waals surface area contributed by atoms with Crippen molar-refractivity contribution in [2.24, 2.45) is 0 Å². The Morgan fingerprint density at radius 1 is 1.35 bits per heavy atom. The normalized spacial score (nSPS) is 11.8. The van der Waals surface area contributed by atoms with Gasteiger partial charge in [0, 0.05) is 4.90 Å². The predicted octanol–water partition coefficient (Wildman–Crippen LogP) is 2.83. The Labute approximate surface area is 118 Å². The minimum atomic E-state index is -3.88. The molecule has 0 aliphatic carbocycles. The van der Waals surface area contributed by atoms with Gasteiger partial charge in [-0.2, -0.15) is 17.2 Å². The number of alkyl halides is 2. The van der Waals surface area contributed by atoms with Crippen LogP contribution in [-0.4, -0.2) is 24.1 Å². The van der Waals surface area contributed by atoms with Gasteiger partial charge in [0.05, 0.1) is 11.9 Å². The summed E-state index contributed by atoms with van der Waals surface area (Å²) in [6.45, 7) is 1.61. The minimum absolute atomic E-state index is 0.102. The number of hydrogen-bond donors (Lipinski definition) is 2. The van der Waals surface area contributed by atoms with E-state index in [1.165, 1.54) is 18.3 Å². The van der Waals surface area contributed by atoms with Gasteiger partial charge in [0.1, 0.15) is 5.82 Å². The zero-order valence-corrected chi connectivity index (χ0v) is 11.9. The molecule has 0 spiro atoms. The van der Waals surface area contributed by atoms with Gasteiger partial charge >= 0.3 is 0 Å². The molecule has 1 heterocycles. The Balaban J connectivity index is 2.30. The first-order valence-electron chi connectivity index (χ1n) is 5.47. The molecule has 1 aromatic heterocycles. The van der Waals surface area contributed by atoms with Crippen LogP contribution >= 0.6 is 11.8 Å². The molecule has 20 heavy (non-hydrogen) atoms. The van der Waals surface area contributed by atoms with Crippen LogP contribution in [0.25, 0.3) is 0 Å². The van der Waals surface area contributed by atoms with Crippen LogP contribution in [-0.2, 0) is 10.0 Å². The Kier molecular flexibility index (Phi) is 4.29. The van der Waals surface area contributed by atoms with Crippen LogP contribution in [0.4, 0.5) is 14.5 Å². The van der Waals surface area contributed by atoms with Crippen LogP contribution in [0.1, 0.15) is 5.82 Å². The summed E-state index contributed by atoms with van der Waals surface area (Å²) in [7, 11) is -3.88. The maximum Gasteiger partial charge on any atom is 0.288 e. The van der Waals surface area contributed by atoms with E-state index in [2.05, 4.69) is 14.7 Å². The van der Waals surface area contributed by atoms with E-state index in [0.717, 1.165) is 0 Å². The molecule has 0 aliphatic rings. The van der Waals surface area contributed by atoms with Crippen molar-refractivity contribution >= 4 is 27.5 Å². The highest BCUT2D eigenvalue weighted by atomic mass is 32.2. The molecule has 108 valence electrons. The quantitative estimate of drug-likeness (QED) is 0.831. The molecule has 5 nitrogen and oxygen atoms in total. The number of hydrogen-bond acceptors (Lipinski definition) is 4. The summed E-state index contributed by atoms with van der Waals surface area (Å²) < 4.78 is 51.3. The van der Waals surface area contributed by atoms with Crippen molar-refractivity contribution < 1.29 is 17.2 Å². The molecule has 2 N–H and O–H groups in total. The van der Waals surface area contributed by atoms with Gasteiger partial charge in [-0.15, -0.1) is 0 Å². The maximum atomic E-state index is 12.4. The second kappa shape index (κ2) is 5.80. The number of H-pyrrole nitrogens is 1. The first-order chi connectivity index (χ1) is 9.38. The highest BCUT2D eigenvalue weighted by Gasteiger charge is 2.19. The fraction of sp³-hybridized carbons (Fsp3) is 0.182. The monoisotopic (exact) mass is 319 g/mol. The first-order valence-corrected chi connectivity index (χ1v) is 7.83. The molecule has 0 amide bonds. The van der Waals surface area contributed by atoms with Gasteiger partial charge < -0.3 is 4.98 Å². The van der Waals surface area contributed by atoms with E-state index in [1.54, 1.807) is 19.1 Å². The Bertz CT molecular complexity index is 701. The number of anilines is 1. The molecular formula is C11H11F2N3O2S2. The van der Waals surface area contributed by atoms with Crippen LogP contribution in [0, 0.1) is 6.92 Å². The van der Waals surface area contributed by atoms with Crippen molar-refractivity contribution in [3.63, 3.8) is 0 Å². The number of aromatic amines is 1. The van der Waals surface area contributed by atoms with Crippen LogP contribution in [0.2, 0.25) is 0 Å². The van der Waals surface area contributed by atoms with Gasteiger partial charge in [-0.3, -0.25) is 4.72 Å². The lowest BCUT2D eigenvalue weighted by Gasteiger charge is -2.10. The molecule has 0 radical (unpaired) electrons. The molecule has 0 atom stereocenters. The lowest BCUT2D eigenvalue weighted by Crippen LogP contribution is -2.14. The van der Waals surface area contributed by atoms with Crippen molar-refractivity contribution in [1.82, 2.24) is 9.97 Å². The summed E-state index contributed by atoms with van der Waals surface area (Å²) in [5, 5.41) is -0.119. The van der Waals surface area contributed by atoms with Crippen molar-refractivity contribution in [2.45, 2.75) is 22.6 Å². The fourth-order valence-corrected chi connectivity index (χ4v) is 3.20. The maximum absolute atomic E-state index is 12.4. The van der Waals surface area contributed by atoms with E-state index in [1.807, 2.05) is 0 Å². The highest BCUT2D eigenvalue weighted by molar-refractivity contribution is 7.99.